The van der Waals surface area contributed by atoms with E-state index < -0.39 is 0 Å². The first-order chi connectivity index (χ1) is 14.7. The molecule has 0 spiro atoms. The van der Waals surface area contributed by atoms with Crippen LogP contribution in [-0.2, 0) is 19.1 Å². The fourth-order valence-electron chi connectivity index (χ4n) is 4.22. The number of rotatable bonds is 19. The SMILES string of the molecule is CCCCCCCCCCCCCCOC(=O)CCCC(=O)OCC1CCCCC1. The van der Waals surface area contributed by atoms with Crippen LogP contribution in [0.3, 0.4) is 0 Å². The molecule has 1 rings (SSSR count). The van der Waals surface area contributed by atoms with E-state index in [1.165, 1.54) is 96.3 Å². The molecule has 1 saturated carbocycles. The van der Waals surface area contributed by atoms with E-state index in [1.54, 1.807) is 0 Å². The third-order valence-electron chi connectivity index (χ3n) is 6.23. The average Bonchev–Trinajstić information content (AvgIpc) is 2.76. The Morgan fingerprint density at radius 1 is 0.633 bits per heavy atom. The standard InChI is InChI=1S/C26H48O4/c1-2-3-4-5-6-7-8-9-10-11-12-16-22-29-25(27)20-17-21-26(28)30-23-24-18-14-13-15-19-24/h24H,2-23H2,1H3. The Morgan fingerprint density at radius 2 is 1.13 bits per heavy atom. The van der Waals surface area contributed by atoms with Crippen LogP contribution in [0.5, 0.6) is 0 Å². The Labute approximate surface area is 185 Å². The summed E-state index contributed by atoms with van der Waals surface area (Å²) < 4.78 is 10.6. The van der Waals surface area contributed by atoms with Crippen molar-refractivity contribution in [1.29, 1.82) is 0 Å². The largest absolute Gasteiger partial charge is 0.466 e. The van der Waals surface area contributed by atoms with E-state index in [2.05, 4.69) is 6.92 Å². The highest BCUT2D eigenvalue weighted by molar-refractivity contribution is 5.72. The average molecular weight is 425 g/mol. The van der Waals surface area contributed by atoms with Gasteiger partial charge >= 0.3 is 11.9 Å². The van der Waals surface area contributed by atoms with Crippen molar-refractivity contribution in [3.05, 3.63) is 0 Å². The lowest BCUT2D eigenvalue weighted by Crippen LogP contribution is -2.17. The van der Waals surface area contributed by atoms with Crippen molar-refractivity contribution >= 4 is 11.9 Å². The maximum atomic E-state index is 11.8. The summed E-state index contributed by atoms with van der Waals surface area (Å²) in [5, 5.41) is 0. The number of carbonyl (C=O) groups excluding carboxylic acids is 2. The van der Waals surface area contributed by atoms with Crippen molar-refractivity contribution in [3.8, 4) is 0 Å². The van der Waals surface area contributed by atoms with Crippen molar-refractivity contribution in [2.24, 2.45) is 5.92 Å². The van der Waals surface area contributed by atoms with E-state index in [0.29, 0.717) is 38.4 Å². The van der Waals surface area contributed by atoms with E-state index in [4.69, 9.17) is 9.47 Å². The summed E-state index contributed by atoms with van der Waals surface area (Å²) in [6.07, 6.45) is 23.0. The van der Waals surface area contributed by atoms with E-state index in [9.17, 15) is 9.59 Å². The summed E-state index contributed by atoms with van der Waals surface area (Å²) in [7, 11) is 0. The zero-order valence-electron chi connectivity index (χ0n) is 19.8. The van der Waals surface area contributed by atoms with Crippen LogP contribution in [-0.4, -0.2) is 25.2 Å². The molecule has 30 heavy (non-hydrogen) atoms. The number of esters is 2. The Balaban J connectivity index is 1.80. The van der Waals surface area contributed by atoms with Crippen LogP contribution in [0.1, 0.15) is 135 Å². The van der Waals surface area contributed by atoms with Crippen LogP contribution in [0.4, 0.5) is 0 Å². The van der Waals surface area contributed by atoms with Gasteiger partial charge < -0.3 is 9.47 Å². The Morgan fingerprint density at radius 3 is 1.70 bits per heavy atom. The van der Waals surface area contributed by atoms with E-state index in [1.807, 2.05) is 0 Å². The molecule has 0 aromatic rings. The highest BCUT2D eigenvalue weighted by Crippen LogP contribution is 2.23. The first-order valence-corrected chi connectivity index (χ1v) is 13.0. The molecule has 1 aliphatic carbocycles. The highest BCUT2D eigenvalue weighted by atomic mass is 16.5. The zero-order chi connectivity index (χ0) is 21.7. The molecule has 0 atom stereocenters. The van der Waals surface area contributed by atoms with Crippen molar-refractivity contribution in [3.63, 3.8) is 0 Å². The molecule has 0 bridgehead atoms. The smallest absolute Gasteiger partial charge is 0.305 e. The highest BCUT2D eigenvalue weighted by Gasteiger charge is 2.15. The van der Waals surface area contributed by atoms with Crippen LogP contribution in [0.15, 0.2) is 0 Å². The van der Waals surface area contributed by atoms with E-state index >= 15 is 0 Å². The zero-order valence-corrected chi connectivity index (χ0v) is 19.8. The molecule has 1 aliphatic rings. The summed E-state index contributed by atoms with van der Waals surface area (Å²) in [5.74, 6) is 0.190. The fraction of sp³-hybridized carbons (Fsp3) is 0.923. The lowest BCUT2D eigenvalue weighted by molar-refractivity contribution is -0.146. The molecule has 0 unspecified atom stereocenters. The van der Waals surface area contributed by atoms with Crippen LogP contribution in [0.2, 0.25) is 0 Å². The van der Waals surface area contributed by atoms with Gasteiger partial charge in [-0.3, -0.25) is 9.59 Å². The van der Waals surface area contributed by atoms with Gasteiger partial charge in [0.25, 0.3) is 0 Å². The number of unbranched alkanes of at least 4 members (excludes halogenated alkanes) is 11. The van der Waals surface area contributed by atoms with Gasteiger partial charge in [0.1, 0.15) is 0 Å². The first kappa shape index (κ1) is 27.0. The maximum Gasteiger partial charge on any atom is 0.305 e. The van der Waals surface area contributed by atoms with Gasteiger partial charge in [-0.1, -0.05) is 96.8 Å². The van der Waals surface area contributed by atoms with Crippen LogP contribution in [0.25, 0.3) is 0 Å². The maximum absolute atomic E-state index is 11.8. The van der Waals surface area contributed by atoms with Crippen LogP contribution >= 0.6 is 0 Å². The van der Waals surface area contributed by atoms with Crippen molar-refractivity contribution in [2.45, 2.75) is 135 Å². The second-order valence-electron chi connectivity index (χ2n) is 9.15. The van der Waals surface area contributed by atoms with Crippen LogP contribution < -0.4 is 0 Å². The van der Waals surface area contributed by atoms with E-state index in [-0.39, 0.29) is 11.9 Å². The monoisotopic (exact) mass is 424 g/mol. The first-order valence-electron chi connectivity index (χ1n) is 13.0. The van der Waals surface area contributed by atoms with Gasteiger partial charge in [-0.05, 0) is 31.6 Å². The van der Waals surface area contributed by atoms with Crippen molar-refractivity contribution in [2.75, 3.05) is 13.2 Å². The van der Waals surface area contributed by atoms with Crippen molar-refractivity contribution in [1.82, 2.24) is 0 Å². The molecule has 0 aromatic heterocycles. The molecule has 0 amide bonds. The lowest BCUT2D eigenvalue weighted by Gasteiger charge is -2.20. The molecular formula is C26H48O4. The molecule has 4 nitrogen and oxygen atoms in total. The minimum Gasteiger partial charge on any atom is -0.466 e. The van der Waals surface area contributed by atoms with Gasteiger partial charge in [0.05, 0.1) is 13.2 Å². The summed E-state index contributed by atoms with van der Waals surface area (Å²) in [6.45, 7) is 3.34. The van der Waals surface area contributed by atoms with Gasteiger partial charge in [0.15, 0.2) is 0 Å². The van der Waals surface area contributed by atoms with Gasteiger partial charge in [-0.2, -0.15) is 0 Å². The van der Waals surface area contributed by atoms with E-state index in [0.717, 1.165) is 12.8 Å². The Hall–Kier alpha value is -1.06. The molecule has 176 valence electrons. The summed E-state index contributed by atoms with van der Waals surface area (Å²) in [5.41, 5.74) is 0. The normalized spacial score (nSPS) is 14.6. The molecular weight excluding hydrogens is 376 g/mol. The Bertz CT molecular complexity index is 415. The molecule has 0 aliphatic heterocycles. The third kappa shape index (κ3) is 16.7. The third-order valence-corrected chi connectivity index (χ3v) is 6.23. The van der Waals surface area contributed by atoms with Gasteiger partial charge in [0, 0.05) is 12.8 Å². The molecule has 1 fully saturated rings. The predicted octanol–water partition coefficient (Wildman–Crippen LogP) is 7.52. The minimum atomic E-state index is -0.182. The number of ether oxygens (including phenoxy) is 2. The quantitative estimate of drug-likeness (QED) is 0.159. The number of hydrogen-bond acceptors (Lipinski definition) is 4. The second kappa shape index (κ2) is 19.9. The second-order valence-corrected chi connectivity index (χ2v) is 9.15. The summed E-state index contributed by atoms with van der Waals surface area (Å²) in [6, 6.07) is 0. The number of carbonyl (C=O) groups is 2. The van der Waals surface area contributed by atoms with Crippen LogP contribution in [0, 0.1) is 5.92 Å². The van der Waals surface area contributed by atoms with Gasteiger partial charge in [0.2, 0.25) is 0 Å². The molecule has 0 saturated heterocycles. The summed E-state index contributed by atoms with van der Waals surface area (Å²) in [4.78, 5) is 23.5. The fourth-order valence-corrected chi connectivity index (χ4v) is 4.22. The van der Waals surface area contributed by atoms with Gasteiger partial charge in [-0.25, -0.2) is 0 Å². The minimum absolute atomic E-state index is 0.172. The predicted molar refractivity (Wildman–Crippen MR) is 123 cm³/mol. The number of hydrogen-bond donors (Lipinski definition) is 0. The molecule has 0 heterocycles. The molecule has 0 N–H and O–H groups in total. The molecule has 0 aromatic carbocycles. The van der Waals surface area contributed by atoms with Gasteiger partial charge in [-0.15, -0.1) is 0 Å². The molecule has 0 radical (unpaired) electrons. The summed E-state index contributed by atoms with van der Waals surface area (Å²) >= 11 is 0. The topological polar surface area (TPSA) is 52.6 Å². The molecule has 4 heteroatoms. The Kier molecular flexibility index (Phi) is 17.9. The van der Waals surface area contributed by atoms with Crippen molar-refractivity contribution < 1.29 is 19.1 Å². The lowest BCUT2D eigenvalue weighted by atomic mass is 9.90.